The fraction of sp³-hybridized carbons (Fsp3) is 0.625. The minimum atomic E-state index is -0.618. The molecule has 21 heavy (non-hydrogen) atoms. The zero-order valence-electron chi connectivity index (χ0n) is 12.7. The van der Waals surface area contributed by atoms with Gasteiger partial charge in [0.25, 0.3) is 5.69 Å². The van der Waals surface area contributed by atoms with Gasteiger partial charge in [-0.3, -0.25) is 10.1 Å². The molecule has 1 aliphatic rings. The lowest BCUT2D eigenvalue weighted by atomic mass is 9.79. The first-order valence-electron chi connectivity index (χ1n) is 7.60. The Morgan fingerprint density at radius 2 is 2.14 bits per heavy atom. The number of rotatable bonds is 5. The lowest BCUT2D eigenvalue weighted by Gasteiger charge is -2.36. The summed E-state index contributed by atoms with van der Waals surface area (Å²) in [6, 6.07) is 6.63. The van der Waals surface area contributed by atoms with Gasteiger partial charge < -0.3 is 10.4 Å². The van der Waals surface area contributed by atoms with E-state index in [-0.39, 0.29) is 11.7 Å². The number of nitrogens with zero attached hydrogens (tertiary/aromatic N) is 1. The van der Waals surface area contributed by atoms with Gasteiger partial charge in [-0.25, -0.2) is 0 Å². The van der Waals surface area contributed by atoms with Crippen LogP contribution in [-0.2, 0) is 0 Å². The molecule has 0 aliphatic heterocycles. The first kappa shape index (κ1) is 15.9. The molecule has 5 heteroatoms. The molecule has 5 nitrogen and oxygen atoms in total. The van der Waals surface area contributed by atoms with Crippen LogP contribution in [0.15, 0.2) is 24.3 Å². The highest BCUT2D eigenvalue weighted by molar-refractivity contribution is 5.34. The highest BCUT2D eigenvalue weighted by atomic mass is 16.6. The topological polar surface area (TPSA) is 75.4 Å². The van der Waals surface area contributed by atoms with Crippen LogP contribution in [0, 0.1) is 16.0 Å². The molecule has 1 aromatic rings. The molecule has 1 aliphatic carbocycles. The summed E-state index contributed by atoms with van der Waals surface area (Å²) >= 11 is 0. The summed E-state index contributed by atoms with van der Waals surface area (Å²) in [6.45, 7) is 4.76. The second kappa shape index (κ2) is 6.54. The summed E-state index contributed by atoms with van der Waals surface area (Å²) < 4.78 is 0. The van der Waals surface area contributed by atoms with Gasteiger partial charge in [0.2, 0.25) is 0 Å². The fourth-order valence-electron chi connectivity index (χ4n) is 3.14. The van der Waals surface area contributed by atoms with E-state index in [4.69, 9.17) is 0 Å². The van der Waals surface area contributed by atoms with Crippen molar-refractivity contribution in [2.45, 2.75) is 51.2 Å². The molecular weight excluding hydrogens is 268 g/mol. The fourth-order valence-corrected chi connectivity index (χ4v) is 3.14. The lowest BCUT2D eigenvalue weighted by molar-refractivity contribution is -0.384. The van der Waals surface area contributed by atoms with Crippen molar-refractivity contribution in [3.8, 4) is 0 Å². The van der Waals surface area contributed by atoms with Gasteiger partial charge in [0, 0.05) is 24.7 Å². The summed E-state index contributed by atoms with van der Waals surface area (Å²) in [7, 11) is 0. The molecule has 0 amide bonds. The summed E-state index contributed by atoms with van der Waals surface area (Å²) in [4.78, 5) is 10.2. The number of hydrogen-bond acceptors (Lipinski definition) is 4. The third-order valence-corrected chi connectivity index (χ3v) is 4.41. The van der Waals surface area contributed by atoms with Crippen LogP contribution < -0.4 is 5.32 Å². The molecule has 1 saturated carbocycles. The first-order chi connectivity index (χ1) is 9.89. The zero-order valence-corrected chi connectivity index (χ0v) is 12.7. The van der Waals surface area contributed by atoms with Crippen LogP contribution in [0.3, 0.4) is 0 Å². The second-order valence-corrected chi connectivity index (χ2v) is 6.38. The summed E-state index contributed by atoms with van der Waals surface area (Å²) in [5, 5.41) is 24.6. The van der Waals surface area contributed by atoms with Crippen molar-refractivity contribution in [2.75, 3.05) is 6.54 Å². The molecule has 0 radical (unpaired) electrons. The van der Waals surface area contributed by atoms with E-state index < -0.39 is 10.5 Å². The molecule has 1 aromatic carbocycles. The van der Waals surface area contributed by atoms with Gasteiger partial charge in [0.15, 0.2) is 0 Å². The number of nitro benzene ring substituents is 1. The predicted octanol–water partition coefficient (Wildman–Crippen LogP) is 3.19. The highest BCUT2D eigenvalue weighted by Crippen LogP contribution is 2.32. The molecule has 116 valence electrons. The molecule has 2 rings (SSSR count). The van der Waals surface area contributed by atoms with Crippen molar-refractivity contribution in [1.82, 2.24) is 5.32 Å². The van der Waals surface area contributed by atoms with Crippen LogP contribution in [0.4, 0.5) is 5.69 Å². The number of aliphatic hydroxyl groups is 1. The normalized spacial score (nSPS) is 27.3. The Balaban J connectivity index is 1.92. The van der Waals surface area contributed by atoms with Gasteiger partial charge in [-0.2, -0.15) is 0 Å². The van der Waals surface area contributed by atoms with Crippen LogP contribution >= 0.6 is 0 Å². The maximum atomic E-state index is 10.6. The van der Waals surface area contributed by atoms with E-state index in [0.29, 0.717) is 12.5 Å². The maximum Gasteiger partial charge on any atom is 0.269 e. The maximum absolute atomic E-state index is 10.6. The Morgan fingerprint density at radius 3 is 2.71 bits per heavy atom. The number of nitro groups is 1. The molecule has 3 unspecified atom stereocenters. The van der Waals surface area contributed by atoms with Gasteiger partial charge in [0.05, 0.1) is 10.5 Å². The van der Waals surface area contributed by atoms with Gasteiger partial charge >= 0.3 is 0 Å². The molecule has 1 fully saturated rings. The predicted molar refractivity (Wildman–Crippen MR) is 82.1 cm³/mol. The standard InChI is InChI=1S/C16H24N2O3/c1-12-4-3-9-16(19,10-12)11-17-13(2)14-5-7-15(8-6-14)18(20)21/h5-8,12-13,17,19H,3-4,9-11H2,1-2H3. The quantitative estimate of drug-likeness (QED) is 0.645. The van der Waals surface area contributed by atoms with Crippen molar-refractivity contribution < 1.29 is 10.0 Å². The molecule has 0 heterocycles. The molecule has 0 spiro atoms. The van der Waals surface area contributed by atoms with Gasteiger partial charge in [-0.1, -0.05) is 31.9 Å². The third-order valence-electron chi connectivity index (χ3n) is 4.41. The van der Waals surface area contributed by atoms with Crippen molar-refractivity contribution in [3.63, 3.8) is 0 Å². The largest absolute Gasteiger partial charge is 0.389 e. The number of non-ortho nitro benzene ring substituents is 1. The minimum absolute atomic E-state index is 0.0621. The van der Waals surface area contributed by atoms with E-state index in [0.717, 1.165) is 24.8 Å². The van der Waals surface area contributed by atoms with Crippen LogP contribution in [-0.4, -0.2) is 22.2 Å². The summed E-state index contributed by atoms with van der Waals surface area (Å²) in [5.74, 6) is 0.570. The lowest BCUT2D eigenvalue weighted by Crippen LogP contribution is -2.44. The van der Waals surface area contributed by atoms with E-state index in [9.17, 15) is 15.2 Å². The van der Waals surface area contributed by atoms with E-state index >= 15 is 0 Å². The third kappa shape index (κ3) is 4.25. The Kier molecular flexibility index (Phi) is 4.96. The van der Waals surface area contributed by atoms with Crippen molar-refractivity contribution in [2.24, 2.45) is 5.92 Å². The summed E-state index contributed by atoms with van der Waals surface area (Å²) in [5.41, 5.74) is 0.478. The van der Waals surface area contributed by atoms with E-state index in [1.807, 2.05) is 6.92 Å². The smallest absolute Gasteiger partial charge is 0.269 e. The van der Waals surface area contributed by atoms with Gasteiger partial charge in [-0.05, 0) is 31.2 Å². The van der Waals surface area contributed by atoms with Crippen LogP contribution in [0.5, 0.6) is 0 Å². The van der Waals surface area contributed by atoms with Crippen LogP contribution in [0.25, 0.3) is 0 Å². The average molecular weight is 292 g/mol. The molecule has 3 atom stereocenters. The molecule has 0 bridgehead atoms. The minimum Gasteiger partial charge on any atom is -0.389 e. The monoisotopic (exact) mass is 292 g/mol. The Morgan fingerprint density at radius 1 is 1.48 bits per heavy atom. The van der Waals surface area contributed by atoms with E-state index in [1.165, 1.54) is 18.6 Å². The van der Waals surface area contributed by atoms with Crippen LogP contribution in [0.2, 0.25) is 0 Å². The van der Waals surface area contributed by atoms with Crippen LogP contribution in [0.1, 0.15) is 51.1 Å². The molecule has 2 N–H and O–H groups in total. The number of hydrogen-bond donors (Lipinski definition) is 2. The number of benzene rings is 1. The SMILES string of the molecule is CC1CCCC(O)(CNC(C)c2ccc([N+](=O)[O-])cc2)C1. The first-order valence-corrected chi connectivity index (χ1v) is 7.60. The van der Waals surface area contributed by atoms with Gasteiger partial charge in [0.1, 0.15) is 0 Å². The molecular formula is C16H24N2O3. The van der Waals surface area contributed by atoms with E-state index in [1.54, 1.807) is 12.1 Å². The Bertz CT molecular complexity index is 489. The second-order valence-electron chi connectivity index (χ2n) is 6.38. The molecule has 0 aromatic heterocycles. The average Bonchev–Trinajstić information content (AvgIpc) is 2.45. The van der Waals surface area contributed by atoms with Gasteiger partial charge in [-0.15, -0.1) is 0 Å². The summed E-state index contributed by atoms with van der Waals surface area (Å²) in [6.07, 6.45) is 3.95. The van der Waals surface area contributed by atoms with Crippen molar-refractivity contribution >= 4 is 5.69 Å². The number of nitrogens with one attached hydrogen (secondary N) is 1. The van der Waals surface area contributed by atoms with E-state index in [2.05, 4.69) is 12.2 Å². The zero-order chi connectivity index (χ0) is 15.5. The van der Waals surface area contributed by atoms with Crippen molar-refractivity contribution in [1.29, 1.82) is 0 Å². The molecule has 0 saturated heterocycles. The Labute approximate surface area is 125 Å². The highest BCUT2D eigenvalue weighted by Gasteiger charge is 2.32. The van der Waals surface area contributed by atoms with Crippen molar-refractivity contribution in [3.05, 3.63) is 39.9 Å². The Hall–Kier alpha value is -1.46.